The number of carbonyl (C=O) groups excluding carboxylic acids is 1. The van der Waals surface area contributed by atoms with Crippen LogP contribution in [0.5, 0.6) is 0 Å². The van der Waals surface area contributed by atoms with Gasteiger partial charge in [-0.1, -0.05) is 0 Å². The Morgan fingerprint density at radius 2 is 2.44 bits per heavy atom. The van der Waals surface area contributed by atoms with Crippen molar-refractivity contribution in [3.05, 3.63) is 17.8 Å². The second-order valence-corrected chi connectivity index (χ2v) is 4.09. The number of rotatable bonds is 3. The highest BCUT2D eigenvalue weighted by atomic mass is 16.5. The second-order valence-electron chi connectivity index (χ2n) is 4.09. The molecule has 0 saturated carbocycles. The summed E-state index contributed by atoms with van der Waals surface area (Å²) in [5.41, 5.74) is 0.763. The maximum Gasteiger partial charge on any atom is 0.249 e. The molecule has 5 heteroatoms. The standard InChI is InChI=1S/C11H16N2O3/c1-7-3-4-10(16-7)11(14)12-5-9-8(2)15-6-13-9/h6-7,10H,3-5H2,1-2H3,(H,12,14)/t7-,10-/m0/s1. The van der Waals surface area contributed by atoms with E-state index in [4.69, 9.17) is 9.15 Å². The van der Waals surface area contributed by atoms with E-state index in [9.17, 15) is 4.79 Å². The van der Waals surface area contributed by atoms with Crippen LogP contribution in [0.3, 0.4) is 0 Å². The predicted molar refractivity (Wildman–Crippen MR) is 56.7 cm³/mol. The van der Waals surface area contributed by atoms with E-state index < -0.39 is 0 Å². The predicted octanol–water partition coefficient (Wildman–Crippen LogP) is 1.17. The first kappa shape index (κ1) is 11.1. The zero-order valence-electron chi connectivity index (χ0n) is 9.53. The fourth-order valence-corrected chi connectivity index (χ4v) is 1.78. The molecule has 2 rings (SSSR count). The first-order valence-electron chi connectivity index (χ1n) is 5.49. The van der Waals surface area contributed by atoms with Crippen LogP contribution in [0.4, 0.5) is 0 Å². The summed E-state index contributed by atoms with van der Waals surface area (Å²) < 4.78 is 10.5. The molecular weight excluding hydrogens is 208 g/mol. The molecule has 88 valence electrons. The number of nitrogens with zero attached hydrogens (tertiary/aromatic N) is 1. The number of amides is 1. The maximum absolute atomic E-state index is 11.7. The molecule has 0 unspecified atom stereocenters. The van der Waals surface area contributed by atoms with E-state index >= 15 is 0 Å². The number of hydrogen-bond acceptors (Lipinski definition) is 4. The van der Waals surface area contributed by atoms with Crippen LogP contribution in [-0.4, -0.2) is 23.1 Å². The van der Waals surface area contributed by atoms with Crippen LogP contribution in [0.1, 0.15) is 31.2 Å². The molecule has 0 aromatic carbocycles. The van der Waals surface area contributed by atoms with Gasteiger partial charge in [-0.15, -0.1) is 0 Å². The van der Waals surface area contributed by atoms with Gasteiger partial charge in [-0.05, 0) is 26.7 Å². The Labute approximate surface area is 94.2 Å². The Morgan fingerprint density at radius 3 is 3.00 bits per heavy atom. The summed E-state index contributed by atoms with van der Waals surface area (Å²) in [5, 5.41) is 2.80. The fraction of sp³-hybridized carbons (Fsp3) is 0.636. The third-order valence-electron chi connectivity index (χ3n) is 2.80. The van der Waals surface area contributed by atoms with Crippen molar-refractivity contribution in [2.45, 2.75) is 45.4 Å². The molecule has 1 aromatic heterocycles. The Bertz CT molecular complexity index is 375. The lowest BCUT2D eigenvalue weighted by molar-refractivity contribution is -0.131. The molecule has 1 saturated heterocycles. The summed E-state index contributed by atoms with van der Waals surface area (Å²) in [6.45, 7) is 4.20. The topological polar surface area (TPSA) is 64.4 Å². The summed E-state index contributed by atoms with van der Waals surface area (Å²) in [6.07, 6.45) is 3.00. The van der Waals surface area contributed by atoms with Crippen molar-refractivity contribution in [2.24, 2.45) is 0 Å². The van der Waals surface area contributed by atoms with Crippen LogP contribution in [0.2, 0.25) is 0 Å². The third kappa shape index (κ3) is 2.41. The Kier molecular flexibility index (Phi) is 3.24. The average Bonchev–Trinajstić information content (AvgIpc) is 2.84. The van der Waals surface area contributed by atoms with Crippen molar-refractivity contribution in [3.8, 4) is 0 Å². The fourth-order valence-electron chi connectivity index (χ4n) is 1.78. The minimum atomic E-state index is -0.304. The SMILES string of the molecule is Cc1ocnc1CNC(=O)[C@@H]1CC[C@H](C)O1. The van der Waals surface area contributed by atoms with Gasteiger partial charge in [0.1, 0.15) is 17.6 Å². The van der Waals surface area contributed by atoms with Crippen LogP contribution in [0, 0.1) is 6.92 Å². The van der Waals surface area contributed by atoms with Crippen molar-refractivity contribution in [3.63, 3.8) is 0 Å². The molecule has 1 fully saturated rings. The lowest BCUT2D eigenvalue weighted by Gasteiger charge is -2.10. The molecule has 1 aliphatic heterocycles. The minimum Gasteiger partial charge on any atom is -0.448 e. The summed E-state index contributed by atoms with van der Waals surface area (Å²) in [5.74, 6) is 0.674. The molecule has 1 aromatic rings. The third-order valence-corrected chi connectivity index (χ3v) is 2.80. The van der Waals surface area contributed by atoms with E-state index in [-0.39, 0.29) is 18.1 Å². The van der Waals surface area contributed by atoms with E-state index in [2.05, 4.69) is 10.3 Å². The molecule has 1 aliphatic rings. The first-order chi connectivity index (χ1) is 7.66. The van der Waals surface area contributed by atoms with Crippen molar-refractivity contribution in [1.29, 1.82) is 0 Å². The molecule has 0 aliphatic carbocycles. The molecule has 2 heterocycles. The Morgan fingerprint density at radius 1 is 1.62 bits per heavy atom. The molecule has 2 atom stereocenters. The molecule has 0 radical (unpaired) electrons. The number of aryl methyl sites for hydroxylation is 1. The maximum atomic E-state index is 11.7. The van der Waals surface area contributed by atoms with Gasteiger partial charge in [-0.3, -0.25) is 4.79 Å². The highest BCUT2D eigenvalue weighted by Crippen LogP contribution is 2.19. The number of aromatic nitrogens is 1. The zero-order valence-corrected chi connectivity index (χ0v) is 9.53. The summed E-state index contributed by atoms with van der Waals surface area (Å²) in [6, 6.07) is 0. The van der Waals surface area contributed by atoms with Crippen LogP contribution in [-0.2, 0) is 16.1 Å². The Hall–Kier alpha value is -1.36. The van der Waals surface area contributed by atoms with Crippen molar-refractivity contribution in [2.75, 3.05) is 0 Å². The van der Waals surface area contributed by atoms with E-state index in [0.29, 0.717) is 6.54 Å². The lowest BCUT2D eigenvalue weighted by atomic mass is 10.2. The number of hydrogen-bond donors (Lipinski definition) is 1. The van der Waals surface area contributed by atoms with Crippen LogP contribution >= 0.6 is 0 Å². The molecule has 5 nitrogen and oxygen atoms in total. The van der Waals surface area contributed by atoms with E-state index in [0.717, 1.165) is 24.3 Å². The second kappa shape index (κ2) is 4.65. The van der Waals surface area contributed by atoms with Crippen molar-refractivity contribution >= 4 is 5.91 Å². The summed E-state index contributed by atoms with van der Waals surface area (Å²) in [7, 11) is 0. The van der Waals surface area contributed by atoms with Gasteiger partial charge < -0.3 is 14.5 Å². The number of nitrogens with one attached hydrogen (secondary N) is 1. The Balaban J connectivity index is 1.82. The minimum absolute atomic E-state index is 0.0632. The van der Waals surface area contributed by atoms with Gasteiger partial charge in [0.25, 0.3) is 0 Å². The number of carbonyl (C=O) groups is 1. The van der Waals surface area contributed by atoms with Gasteiger partial charge in [-0.2, -0.15) is 0 Å². The van der Waals surface area contributed by atoms with Gasteiger partial charge in [0.05, 0.1) is 12.6 Å². The molecule has 0 bridgehead atoms. The quantitative estimate of drug-likeness (QED) is 0.837. The van der Waals surface area contributed by atoms with Gasteiger partial charge >= 0.3 is 0 Å². The van der Waals surface area contributed by atoms with Gasteiger partial charge in [-0.25, -0.2) is 4.98 Å². The van der Waals surface area contributed by atoms with Crippen LogP contribution in [0.15, 0.2) is 10.8 Å². The smallest absolute Gasteiger partial charge is 0.249 e. The lowest BCUT2D eigenvalue weighted by Crippen LogP contribution is -2.34. The molecule has 0 spiro atoms. The first-order valence-corrected chi connectivity index (χ1v) is 5.49. The van der Waals surface area contributed by atoms with Gasteiger partial charge in [0, 0.05) is 0 Å². The highest BCUT2D eigenvalue weighted by molar-refractivity contribution is 5.80. The normalized spacial score (nSPS) is 24.6. The average molecular weight is 224 g/mol. The number of oxazole rings is 1. The van der Waals surface area contributed by atoms with Gasteiger partial charge in [0.2, 0.25) is 5.91 Å². The molecule has 1 N–H and O–H groups in total. The monoisotopic (exact) mass is 224 g/mol. The van der Waals surface area contributed by atoms with Crippen LogP contribution < -0.4 is 5.32 Å². The summed E-state index contributed by atoms with van der Waals surface area (Å²) >= 11 is 0. The largest absolute Gasteiger partial charge is 0.448 e. The van der Waals surface area contributed by atoms with E-state index in [1.165, 1.54) is 6.39 Å². The molecular formula is C11H16N2O3. The van der Waals surface area contributed by atoms with Gasteiger partial charge in [0.15, 0.2) is 6.39 Å². The molecule has 16 heavy (non-hydrogen) atoms. The van der Waals surface area contributed by atoms with Crippen LogP contribution in [0.25, 0.3) is 0 Å². The van der Waals surface area contributed by atoms with Crippen molar-refractivity contribution in [1.82, 2.24) is 10.3 Å². The van der Waals surface area contributed by atoms with E-state index in [1.807, 2.05) is 13.8 Å². The van der Waals surface area contributed by atoms with Crippen molar-refractivity contribution < 1.29 is 13.9 Å². The highest BCUT2D eigenvalue weighted by Gasteiger charge is 2.27. The summed E-state index contributed by atoms with van der Waals surface area (Å²) in [4.78, 5) is 15.7. The zero-order chi connectivity index (χ0) is 11.5. The number of ether oxygens (including phenoxy) is 1. The molecule has 1 amide bonds. The van der Waals surface area contributed by atoms with E-state index in [1.54, 1.807) is 0 Å².